The van der Waals surface area contributed by atoms with E-state index in [0.29, 0.717) is 19.8 Å². The summed E-state index contributed by atoms with van der Waals surface area (Å²) in [6.07, 6.45) is 3.54. The average molecular weight is 617 g/mol. The fourth-order valence-electron chi connectivity index (χ4n) is 5.62. The van der Waals surface area contributed by atoms with Crippen molar-refractivity contribution in [1.82, 2.24) is 0 Å². The highest BCUT2D eigenvalue weighted by Gasteiger charge is 2.50. The van der Waals surface area contributed by atoms with Crippen molar-refractivity contribution in [1.29, 1.82) is 0 Å². The van der Waals surface area contributed by atoms with Crippen LogP contribution in [0.2, 0.25) is 23.2 Å². The summed E-state index contributed by atoms with van der Waals surface area (Å²) in [5.74, 6) is 1.04. The summed E-state index contributed by atoms with van der Waals surface area (Å²) in [4.78, 5) is 0. The summed E-state index contributed by atoms with van der Waals surface area (Å²) < 4.78 is 26.8. The van der Waals surface area contributed by atoms with Gasteiger partial charge in [-0.3, -0.25) is 0 Å². The minimum atomic E-state index is -2.61. The van der Waals surface area contributed by atoms with Crippen LogP contribution in [0.4, 0.5) is 0 Å². The molecule has 0 fully saturated rings. The topological polar surface area (TPSA) is 36.9 Å². The van der Waals surface area contributed by atoms with Gasteiger partial charge in [-0.1, -0.05) is 133 Å². The second-order valence-electron chi connectivity index (χ2n) is 14.3. The SMILES string of the molecule is CC(C)(C)[Si](C)(C)OC1=C[C@H](COCc2ccccc2)O[C@H](CCO[Si](c2ccccc2)(c2ccccc2)C(C)(C)C)C1. The molecular weight excluding hydrogens is 565 g/mol. The van der Waals surface area contributed by atoms with Gasteiger partial charge in [-0.15, -0.1) is 0 Å². The van der Waals surface area contributed by atoms with Crippen LogP contribution < -0.4 is 10.4 Å². The molecule has 0 saturated carbocycles. The molecule has 0 unspecified atom stereocenters. The lowest BCUT2D eigenvalue weighted by atomic mass is 10.1. The normalized spacial score (nSPS) is 18.3. The molecule has 3 aromatic carbocycles. The van der Waals surface area contributed by atoms with Crippen molar-refractivity contribution in [2.45, 2.75) is 96.4 Å². The van der Waals surface area contributed by atoms with E-state index in [1.807, 2.05) is 18.2 Å². The van der Waals surface area contributed by atoms with Crippen LogP contribution in [-0.2, 0) is 24.9 Å². The van der Waals surface area contributed by atoms with E-state index < -0.39 is 16.6 Å². The molecule has 0 aromatic heterocycles. The minimum absolute atomic E-state index is 0.00620. The molecule has 1 aliphatic heterocycles. The Hall–Kier alpha value is -2.49. The Morgan fingerprint density at radius 1 is 0.744 bits per heavy atom. The highest BCUT2D eigenvalue weighted by atomic mass is 28.4. The monoisotopic (exact) mass is 616 g/mol. The predicted molar refractivity (Wildman–Crippen MR) is 184 cm³/mol. The van der Waals surface area contributed by atoms with Crippen molar-refractivity contribution in [2.24, 2.45) is 0 Å². The molecule has 2 atom stereocenters. The van der Waals surface area contributed by atoms with E-state index in [1.165, 1.54) is 10.4 Å². The molecule has 1 aliphatic rings. The van der Waals surface area contributed by atoms with Crippen molar-refractivity contribution in [2.75, 3.05) is 13.2 Å². The summed E-state index contributed by atoms with van der Waals surface area (Å²) in [5.41, 5.74) is 1.16. The maximum Gasteiger partial charge on any atom is 0.261 e. The van der Waals surface area contributed by atoms with Crippen molar-refractivity contribution < 1.29 is 18.3 Å². The number of hydrogen-bond acceptors (Lipinski definition) is 4. The van der Waals surface area contributed by atoms with Crippen LogP contribution in [0.1, 0.15) is 59.9 Å². The zero-order valence-electron chi connectivity index (χ0n) is 27.6. The van der Waals surface area contributed by atoms with Crippen molar-refractivity contribution >= 4 is 27.0 Å². The Bertz CT molecular complexity index is 1260. The largest absolute Gasteiger partial charge is 0.547 e. The zero-order chi connectivity index (χ0) is 31.1. The number of hydrogen-bond donors (Lipinski definition) is 0. The van der Waals surface area contributed by atoms with E-state index in [0.717, 1.165) is 24.2 Å². The van der Waals surface area contributed by atoms with Crippen molar-refractivity contribution in [3.63, 3.8) is 0 Å². The lowest BCUT2D eigenvalue weighted by Gasteiger charge is -2.43. The van der Waals surface area contributed by atoms with Gasteiger partial charge in [0.1, 0.15) is 6.10 Å². The Kier molecular flexibility index (Phi) is 10.9. The molecule has 0 aliphatic carbocycles. The molecule has 4 rings (SSSR count). The minimum Gasteiger partial charge on any atom is -0.547 e. The van der Waals surface area contributed by atoms with Gasteiger partial charge in [0.05, 0.1) is 25.1 Å². The summed E-state index contributed by atoms with van der Waals surface area (Å²) in [5, 5.41) is 2.65. The van der Waals surface area contributed by atoms with Crippen LogP contribution in [0.5, 0.6) is 0 Å². The van der Waals surface area contributed by atoms with E-state index in [-0.39, 0.29) is 22.3 Å². The van der Waals surface area contributed by atoms with E-state index in [9.17, 15) is 0 Å². The van der Waals surface area contributed by atoms with Gasteiger partial charge in [-0.2, -0.15) is 0 Å². The summed E-state index contributed by atoms with van der Waals surface area (Å²) in [6.45, 7) is 20.1. The summed E-state index contributed by atoms with van der Waals surface area (Å²) >= 11 is 0. The maximum absolute atomic E-state index is 7.21. The molecule has 43 heavy (non-hydrogen) atoms. The van der Waals surface area contributed by atoms with Gasteiger partial charge < -0.3 is 18.3 Å². The van der Waals surface area contributed by atoms with E-state index in [4.69, 9.17) is 18.3 Å². The Balaban J connectivity index is 1.52. The van der Waals surface area contributed by atoms with Gasteiger partial charge in [0.2, 0.25) is 8.32 Å². The molecular formula is C37H52O4Si2. The van der Waals surface area contributed by atoms with Gasteiger partial charge in [-0.25, -0.2) is 0 Å². The Morgan fingerprint density at radius 3 is 1.79 bits per heavy atom. The summed E-state index contributed by atoms with van der Waals surface area (Å²) in [7, 11) is -4.61. The van der Waals surface area contributed by atoms with Crippen LogP contribution in [0.15, 0.2) is 103 Å². The Morgan fingerprint density at radius 2 is 1.28 bits per heavy atom. The molecule has 1 heterocycles. The van der Waals surface area contributed by atoms with Crippen molar-refractivity contribution in [3.8, 4) is 0 Å². The number of ether oxygens (including phenoxy) is 2. The molecule has 4 nitrogen and oxygen atoms in total. The number of rotatable bonds is 12. The van der Waals surface area contributed by atoms with Crippen molar-refractivity contribution in [3.05, 3.63) is 108 Å². The fourth-order valence-corrected chi connectivity index (χ4v) is 11.3. The molecule has 0 N–H and O–H groups in total. The fraction of sp³-hybridized carbons (Fsp3) is 0.459. The first-order chi connectivity index (χ1) is 20.3. The second-order valence-corrected chi connectivity index (χ2v) is 23.3. The third-order valence-corrected chi connectivity index (χ3v) is 18.4. The van der Waals surface area contributed by atoms with Gasteiger partial charge in [-0.05, 0) is 51.6 Å². The zero-order valence-corrected chi connectivity index (χ0v) is 29.6. The first kappa shape index (κ1) is 33.4. The molecule has 0 amide bonds. The molecule has 0 spiro atoms. The Labute approximate surface area is 262 Å². The quantitative estimate of drug-likeness (QED) is 0.192. The second kappa shape index (κ2) is 14.1. The van der Waals surface area contributed by atoms with Gasteiger partial charge in [0.25, 0.3) is 8.32 Å². The molecule has 0 radical (unpaired) electrons. The molecule has 232 valence electrons. The standard InChI is InChI=1S/C37H52O4Si2/c1-36(2,3)42(7,8)41-32-26-31(40-33(27-32)29-38-28-30-18-12-9-13-19-30)24-25-39-43(37(4,5)6,34-20-14-10-15-21-34)35-22-16-11-17-23-35/h9-23,27,31,33H,24-26,28-29H2,1-8H3/t31-,33-/m1/s1. The molecule has 0 bridgehead atoms. The maximum atomic E-state index is 7.21. The van der Waals surface area contributed by atoms with Crippen LogP contribution in [0.25, 0.3) is 0 Å². The average Bonchev–Trinajstić information content (AvgIpc) is 2.95. The highest BCUT2D eigenvalue weighted by Crippen LogP contribution is 2.40. The molecule has 3 aromatic rings. The first-order valence-corrected chi connectivity index (χ1v) is 20.6. The highest BCUT2D eigenvalue weighted by molar-refractivity contribution is 6.99. The van der Waals surface area contributed by atoms with Crippen LogP contribution in [0, 0.1) is 0 Å². The number of benzene rings is 3. The molecule has 6 heteroatoms. The lowest BCUT2D eigenvalue weighted by molar-refractivity contribution is -0.0575. The van der Waals surface area contributed by atoms with Crippen LogP contribution >= 0.6 is 0 Å². The van der Waals surface area contributed by atoms with Gasteiger partial charge >= 0.3 is 0 Å². The summed E-state index contributed by atoms with van der Waals surface area (Å²) in [6, 6.07) is 32.0. The van der Waals surface area contributed by atoms with Gasteiger partial charge in [0.15, 0.2) is 0 Å². The third kappa shape index (κ3) is 8.37. The lowest BCUT2D eigenvalue weighted by Crippen LogP contribution is -2.66. The van der Waals surface area contributed by atoms with Crippen LogP contribution in [-0.4, -0.2) is 42.1 Å². The first-order valence-electron chi connectivity index (χ1n) is 15.7. The smallest absolute Gasteiger partial charge is 0.261 e. The molecule has 0 saturated heterocycles. The van der Waals surface area contributed by atoms with Crippen LogP contribution in [0.3, 0.4) is 0 Å². The predicted octanol–water partition coefficient (Wildman–Crippen LogP) is 8.23. The van der Waals surface area contributed by atoms with E-state index >= 15 is 0 Å². The third-order valence-electron chi connectivity index (χ3n) is 8.93. The van der Waals surface area contributed by atoms with Gasteiger partial charge in [0, 0.05) is 13.0 Å². The van der Waals surface area contributed by atoms with E-state index in [1.54, 1.807) is 0 Å². The van der Waals surface area contributed by atoms with E-state index in [2.05, 4.69) is 134 Å².